The number of halogens is 1. The second-order valence-electron chi connectivity index (χ2n) is 7.03. The van der Waals surface area contributed by atoms with Gasteiger partial charge in [-0.3, -0.25) is 4.79 Å². The molecular formula is C21H22ClN5O2S. The lowest BCUT2D eigenvalue weighted by Gasteiger charge is -2.20. The number of aromatic nitrogens is 4. The van der Waals surface area contributed by atoms with Gasteiger partial charge in [-0.2, -0.15) is 0 Å². The number of hydrogen-bond donors (Lipinski definition) is 1. The van der Waals surface area contributed by atoms with Gasteiger partial charge in [0.1, 0.15) is 0 Å². The molecule has 7 nitrogen and oxygen atoms in total. The van der Waals surface area contributed by atoms with Crippen LogP contribution < -0.4 is 5.32 Å². The molecule has 0 radical (unpaired) electrons. The van der Waals surface area contributed by atoms with Gasteiger partial charge in [0.25, 0.3) is 0 Å². The van der Waals surface area contributed by atoms with E-state index in [9.17, 15) is 4.79 Å². The lowest BCUT2D eigenvalue weighted by molar-refractivity contribution is -0.119. The van der Waals surface area contributed by atoms with Crippen molar-refractivity contribution in [3.8, 4) is 0 Å². The van der Waals surface area contributed by atoms with Gasteiger partial charge in [0.15, 0.2) is 0 Å². The fourth-order valence-electron chi connectivity index (χ4n) is 3.39. The summed E-state index contributed by atoms with van der Waals surface area (Å²) in [6.45, 7) is 1.39. The molecule has 1 aliphatic heterocycles. The van der Waals surface area contributed by atoms with Gasteiger partial charge in [-0.25, -0.2) is 4.68 Å². The average molecular weight is 444 g/mol. The summed E-state index contributed by atoms with van der Waals surface area (Å²) in [5, 5.41) is 16.2. The number of rotatable bonds is 8. The van der Waals surface area contributed by atoms with Crippen molar-refractivity contribution in [3.63, 3.8) is 0 Å². The van der Waals surface area contributed by atoms with Gasteiger partial charge >= 0.3 is 0 Å². The lowest BCUT2D eigenvalue weighted by Crippen LogP contribution is -2.30. The smallest absolute Gasteiger partial charge is 0.231 e. The molecule has 2 heterocycles. The summed E-state index contributed by atoms with van der Waals surface area (Å²) in [5.74, 6) is 0.110. The molecule has 1 aliphatic rings. The van der Waals surface area contributed by atoms with Crippen molar-refractivity contribution >= 4 is 29.3 Å². The van der Waals surface area contributed by atoms with Crippen LogP contribution in [0.2, 0.25) is 5.02 Å². The summed E-state index contributed by atoms with van der Waals surface area (Å²) in [5.41, 5.74) is 1.97. The fraction of sp³-hybridized carbons (Fsp3) is 0.333. The van der Waals surface area contributed by atoms with Crippen LogP contribution in [0.15, 0.2) is 59.8 Å². The van der Waals surface area contributed by atoms with E-state index in [-0.39, 0.29) is 23.8 Å². The molecule has 2 atom stereocenters. The van der Waals surface area contributed by atoms with Gasteiger partial charge in [0, 0.05) is 11.6 Å². The highest BCUT2D eigenvalue weighted by atomic mass is 35.5. The maximum Gasteiger partial charge on any atom is 0.231 e. The second kappa shape index (κ2) is 10.1. The summed E-state index contributed by atoms with van der Waals surface area (Å²) in [6, 6.07) is 17.1. The number of hydrogen-bond acceptors (Lipinski definition) is 6. The van der Waals surface area contributed by atoms with Gasteiger partial charge in [-0.15, -0.1) is 5.10 Å². The van der Waals surface area contributed by atoms with Crippen LogP contribution in [0.1, 0.15) is 30.0 Å². The van der Waals surface area contributed by atoms with Crippen LogP contribution in [0.4, 0.5) is 0 Å². The summed E-state index contributed by atoms with van der Waals surface area (Å²) in [7, 11) is 0. The zero-order valence-electron chi connectivity index (χ0n) is 16.3. The highest BCUT2D eigenvalue weighted by molar-refractivity contribution is 7.99. The quantitative estimate of drug-likeness (QED) is 0.536. The number of carbonyl (C=O) groups excluding carboxylic acids is 1. The Hall–Kier alpha value is -2.42. The van der Waals surface area contributed by atoms with Crippen molar-refractivity contribution < 1.29 is 9.53 Å². The monoisotopic (exact) mass is 443 g/mol. The van der Waals surface area contributed by atoms with E-state index in [2.05, 4.69) is 20.8 Å². The Morgan fingerprint density at radius 1 is 1.20 bits per heavy atom. The Bertz CT molecular complexity index is 961. The van der Waals surface area contributed by atoms with Gasteiger partial charge in [-0.05, 0) is 46.5 Å². The number of thioether (sulfide) groups is 1. The number of nitrogens with zero attached hydrogens (tertiary/aromatic N) is 4. The van der Waals surface area contributed by atoms with Gasteiger partial charge in [-0.1, -0.05) is 65.8 Å². The van der Waals surface area contributed by atoms with E-state index in [1.165, 1.54) is 11.8 Å². The van der Waals surface area contributed by atoms with Crippen LogP contribution in [0.25, 0.3) is 0 Å². The molecule has 3 aromatic rings. The molecule has 4 rings (SSSR count). The number of amides is 1. The Kier molecular flexibility index (Phi) is 6.99. The molecule has 0 aliphatic carbocycles. The first-order valence-corrected chi connectivity index (χ1v) is 11.2. The SMILES string of the molecule is O=C(CSc1nnnn1C[C@@H]1CCCO1)N[C@H](c1ccccc1)c1ccc(Cl)cc1. The molecule has 0 unspecified atom stereocenters. The van der Waals surface area contributed by atoms with Crippen LogP contribution >= 0.6 is 23.4 Å². The standard InChI is InChI=1S/C21H22ClN5O2S/c22-17-10-8-16(9-11-17)20(15-5-2-1-3-6-15)23-19(28)14-30-21-24-25-26-27(21)13-18-7-4-12-29-18/h1-3,5-6,8-11,18,20H,4,7,12-14H2,(H,23,28)/t18-,20+/m0/s1. The third-order valence-electron chi connectivity index (χ3n) is 4.87. The molecule has 1 amide bonds. The van der Waals surface area contributed by atoms with Crippen LogP contribution in [-0.2, 0) is 16.1 Å². The number of ether oxygens (including phenoxy) is 1. The van der Waals surface area contributed by atoms with E-state index in [4.69, 9.17) is 16.3 Å². The molecular weight excluding hydrogens is 422 g/mol. The highest BCUT2D eigenvalue weighted by Crippen LogP contribution is 2.24. The average Bonchev–Trinajstić information content (AvgIpc) is 3.44. The molecule has 30 heavy (non-hydrogen) atoms. The third kappa shape index (κ3) is 5.38. The lowest BCUT2D eigenvalue weighted by atomic mass is 9.99. The minimum absolute atomic E-state index is 0.101. The Balaban J connectivity index is 1.41. The normalized spacial score (nSPS) is 17.0. The van der Waals surface area contributed by atoms with Gasteiger partial charge in [0.2, 0.25) is 11.1 Å². The number of benzene rings is 2. The molecule has 1 N–H and O–H groups in total. The van der Waals surface area contributed by atoms with Crippen molar-refractivity contribution in [2.75, 3.05) is 12.4 Å². The molecule has 0 spiro atoms. The maximum atomic E-state index is 12.8. The topological polar surface area (TPSA) is 81.9 Å². The van der Waals surface area contributed by atoms with E-state index in [1.54, 1.807) is 4.68 Å². The van der Waals surface area contributed by atoms with E-state index < -0.39 is 0 Å². The number of nitrogens with one attached hydrogen (secondary N) is 1. The Morgan fingerprint density at radius 3 is 2.70 bits per heavy atom. The predicted molar refractivity (Wildman–Crippen MR) is 115 cm³/mol. The first-order valence-electron chi connectivity index (χ1n) is 9.79. The van der Waals surface area contributed by atoms with Crippen molar-refractivity contribution in [1.82, 2.24) is 25.5 Å². The number of tetrazole rings is 1. The van der Waals surface area contributed by atoms with Gasteiger partial charge in [0.05, 0.1) is 24.4 Å². The van der Waals surface area contributed by atoms with Gasteiger partial charge < -0.3 is 10.1 Å². The maximum absolute atomic E-state index is 12.8. The van der Waals surface area contributed by atoms with Crippen molar-refractivity contribution in [1.29, 1.82) is 0 Å². The van der Waals surface area contributed by atoms with E-state index in [0.29, 0.717) is 16.7 Å². The van der Waals surface area contributed by atoms with E-state index in [1.807, 2.05) is 54.6 Å². The highest BCUT2D eigenvalue weighted by Gasteiger charge is 2.21. The molecule has 1 fully saturated rings. The minimum atomic E-state index is -0.264. The fourth-order valence-corrected chi connectivity index (χ4v) is 4.21. The van der Waals surface area contributed by atoms with Crippen molar-refractivity contribution in [3.05, 3.63) is 70.7 Å². The zero-order chi connectivity index (χ0) is 20.8. The van der Waals surface area contributed by atoms with Crippen LogP contribution in [0.3, 0.4) is 0 Å². The first kappa shape index (κ1) is 20.8. The summed E-state index contributed by atoms with van der Waals surface area (Å²) in [4.78, 5) is 12.8. The van der Waals surface area contributed by atoms with Crippen molar-refractivity contribution in [2.24, 2.45) is 0 Å². The zero-order valence-corrected chi connectivity index (χ0v) is 17.9. The molecule has 9 heteroatoms. The van der Waals surface area contributed by atoms with Crippen LogP contribution in [0, 0.1) is 0 Å². The molecule has 0 bridgehead atoms. The summed E-state index contributed by atoms with van der Waals surface area (Å²) >= 11 is 7.35. The Morgan fingerprint density at radius 2 is 1.97 bits per heavy atom. The molecule has 1 aromatic heterocycles. The number of carbonyl (C=O) groups is 1. The second-order valence-corrected chi connectivity index (χ2v) is 8.41. The molecule has 1 saturated heterocycles. The van der Waals surface area contributed by atoms with E-state index in [0.717, 1.165) is 30.6 Å². The largest absolute Gasteiger partial charge is 0.376 e. The summed E-state index contributed by atoms with van der Waals surface area (Å²) < 4.78 is 7.36. The van der Waals surface area contributed by atoms with Crippen molar-refractivity contribution in [2.45, 2.75) is 36.7 Å². The van der Waals surface area contributed by atoms with E-state index >= 15 is 0 Å². The van der Waals surface area contributed by atoms with Crippen LogP contribution in [-0.4, -0.2) is 44.6 Å². The van der Waals surface area contributed by atoms with Crippen LogP contribution in [0.5, 0.6) is 0 Å². The third-order valence-corrected chi connectivity index (χ3v) is 6.08. The minimum Gasteiger partial charge on any atom is -0.376 e. The first-order chi connectivity index (χ1) is 14.7. The Labute approximate surface area is 184 Å². The molecule has 2 aromatic carbocycles. The predicted octanol–water partition coefficient (Wildman–Crippen LogP) is 3.50. The molecule has 0 saturated carbocycles. The molecule has 156 valence electrons. The summed E-state index contributed by atoms with van der Waals surface area (Å²) in [6.07, 6.45) is 2.20.